The van der Waals surface area contributed by atoms with Crippen molar-refractivity contribution in [1.29, 1.82) is 0 Å². The summed E-state index contributed by atoms with van der Waals surface area (Å²) in [6.07, 6.45) is 0. The fourth-order valence-corrected chi connectivity index (χ4v) is 1.93. The van der Waals surface area contributed by atoms with Crippen molar-refractivity contribution in [3.8, 4) is 0 Å². The maximum Gasteiger partial charge on any atom is 0.335 e. The van der Waals surface area contributed by atoms with E-state index >= 15 is 0 Å². The predicted octanol–water partition coefficient (Wildman–Crippen LogP) is 2.76. The Morgan fingerprint density at radius 1 is 1.19 bits per heavy atom. The molecule has 0 radical (unpaired) electrons. The molecule has 0 aliphatic rings. The topological polar surface area (TPSA) is 66.4 Å². The molecule has 1 amide bonds. The zero-order valence-electron chi connectivity index (χ0n) is 11.4. The second-order valence-electron chi connectivity index (χ2n) is 4.65. The second kappa shape index (κ2) is 6.17. The molecule has 5 heteroatoms. The molecule has 0 saturated carbocycles. The Labute approximate surface area is 121 Å². The van der Waals surface area contributed by atoms with Gasteiger partial charge < -0.3 is 10.4 Å². The molecule has 21 heavy (non-hydrogen) atoms. The van der Waals surface area contributed by atoms with Gasteiger partial charge >= 0.3 is 5.97 Å². The standard InChI is InChI=1S/C16H14FNO3/c1-10-5-6-13(17)8-14(10)15(19)18-9-11-3-2-4-12(7-11)16(20)21/h2-8H,9H2,1H3,(H,18,19)(H,20,21). The van der Waals surface area contributed by atoms with Gasteiger partial charge in [-0.3, -0.25) is 4.79 Å². The summed E-state index contributed by atoms with van der Waals surface area (Å²) in [7, 11) is 0. The van der Waals surface area contributed by atoms with Crippen LogP contribution in [0.15, 0.2) is 42.5 Å². The number of amides is 1. The molecule has 0 fully saturated rings. The molecule has 0 atom stereocenters. The molecule has 4 nitrogen and oxygen atoms in total. The molecule has 0 bridgehead atoms. The number of aromatic carboxylic acids is 1. The molecule has 0 unspecified atom stereocenters. The van der Waals surface area contributed by atoms with E-state index in [-0.39, 0.29) is 17.7 Å². The smallest absolute Gasteiger partial charge is 0.335 e. The zero-order chi connectivity index (χ0) is 15.4. The van der Waals surface area contributed by atoms with Crippen LogP contribution in [0.25, 0.3) is 0 Å². The molecule has 2 N–H and O–H groups in total. The monoisotopic (exact) mass is 287 g/mol. The van der Waals surface area contributed by atoms with Crippen LogP contribution >= 0.6 is 0 Å². The highest BCUT2D eigenvalue weighted by atomic mass is 19.1. The zero-order valence-corrected chi connectivity index (χ0v) is 11.4. The van der Waals surface area contributed by atoms with Gasteiger partial charge in [0.25, 0.3) is 5.91 Å². The van der Waals surface area contributed by atoms with Gasteiger partial charge in [-0.05, 0) is 42.3 Å². The number of benzene rings is 2. The summed E-state index contributed by atoms with van der Waals surface area (Å²) in [5.41, 5.74) is 1.76. The summed E-state index contributed by atoms with van der Waals surface area (Å²) in [5, 5.41) is 11.6. The lowest BCUT2D eigenvalue weighted by Crippen LogP contribution is -2.23. The minimum Gasteiger partial charge on any atom is -0.478 e. The van der Waals surface area contributed by atoms with Crippen LogP contribution in [0.5, 0.6) is 0 Å². The maximum absolute atomic E-state index is 13.2. The van der Waals surface area contributed by atoms with Crippen molar-refractivity contribution in [1.82, 2.24) is 5.32 Å². The lowest BCUT2D eigenvalue weighted by molar-refractivity contribution is 0.0696. The number of hydrogen-bond acceptors (Lipinski definition) is 2. The van der Waals surface area contributed by atoms with Crippen LogP contribution in [0, 0.1) is 12.7 Å². The summed E-state index contributed by atoms with van der Waals surface area (Å²) in [4.78, 5) is 22.9. The Bertz CT molecular complexity index is 698. The van der Waals surface area contributed by atoms with E-state index in [1.165, 1.54) is 30.3 Å². The molecule has 0 aliphatic heterocycles. The van der Waals surface area contributed by atoms with E-state index in [1.54, 1.807) is 19.1 Å². The largest absolute Gasteiger partial charge is 0.478 e. The van der Waals surface area contributed by atoms with Crippen LogP contribution < -0.4 is 5.32 Å². The van der Waals surface area contributed by atoms with Crippen LogP contribution in [0.3, 0.4) is 0 Å². The van der Waals surface area contributed by atoms with E-state index in [0.717, 1.165) is 0 Å². The van der Waals surface area contributed by atoms with Gasteiger partial charge in [0.05, 0.1) is 5.56 Å². The van der Waals surface area contributed by atoms with Gasteiger partial charge in [0.15, 0.2) is 0 Å². The number of hydrogen-bond donors (Lipinski definition) is 2. The Balaban J connectivity index is 2.09. The summed E-state index contributed by atoms with van der Waals surface area (Å²) >= 11 is 0. The third-order valence-electron chi connectivity index (χ3n) is 3.07. The molecule has 0 heterocycles. The first-order valence-corrected chi connectivity index (χ1v) is 6.34. The second-order valence-corrected chi connectivity index (χ2v) is 4.65. The molecule has 2 aromatic carbocycles. The average Bonchev–Trinajstić information content (AvgIpc) is 2.47. The van der Waals surface area contributed by atoms with E-state index in [0.29, 0.717) is 11.1 Å². The van der Waals surface area contributed by atoms with Crippen molar-refractivity contribution >= 4 is 11.9 Å². The molecule has 0 aromatic heterocycles. The first-order valence-electron chi connectivity index (χ1n) is 6.34. The van der Waals surface area contributed by atoms with Crippen molar-refractivity contribution in [3.05, 3.63) is 70.5 Å². The van der Waals surface area contributed by atoms with Crippen LogP contribution in [0.2, 0.25) is 0 Å². The van der Waals surface area contributed by atoms with E-state index in [2.05, 4.69) is 5.32 Å². The summed E-state index contributed by atoms with van der Waals surface area (Å²) < 4.78 is 13.2. The highest BCUT2D eigenvalue weighted by Gasteiger charge is 2.10. The predicted molar refractivity (Wildman–Crippen MR) is 75.7 cm³/mol. The fourth-order valence-electron chi connectivity index (χ4n) is 1.93. The Morgan fingerprint density at radius 3 is 2.67 bits per heavy atom. The summed E-state index contributed by atoms with van der Waals surface area (Å²) in [5.74, 6) is -1.89. The molecule has 0 aliphatic carbocycles. The molecular formula is C16H14FNO3. The quantitative estimate of drug-likeness (QED) is 0.908. The average molecular weight is 287 g/mol. The van der Waals surface area contributed by atoms with Crippen molar-refractivity contribution < 1.29 is 19.1 Å². The SMILES string of the molecule is Cc1ccc(F)cc1C(=O)NCc1cccc(C(=O)O)c1. The summed E-state index contributed by atoms with van der Waals surface area (Å²) in [6.45, 7) is 1.90. The van der Waals surface area contributed by atoms with E-state index < -0.39 is 17.7 Å². The number of carboxylic acid groups (broad SMARTS) is 1. The van der Waals surface area contributed by atoms with Gasteiger partial charge in [0.2, 0.25) is 0 Å². The van der Waals surface area contributed by atoms with Crippen molar-refractivity contribution in [3.63, 3.8) is 0 Å². The van der Waals surface area contributed by atoms with E-state index in [9.17, 15) is 14.0 Å². The molecule has 0 spiro atoms. The summed E-state index contributed by atoms with van der Waals surface area (Å²) in [6, 6.07) is 10.3. The molecule has 0 saturated heterocycles. The van der Waals surface area contributed by atoms with Gasteiger partial charge in [-0.2, -0.15) is 0 Å². The Morgan fingerprint density at radius 2 is 1.95 bits per heavy atom. The molecule has 108 valence electrons. The normalized spacial score (nSPS) is 10.2. The molecule has 2 aromatic rings. The highest BCUT2D eigenvalue weighted by Crippen LogP contribution is 2.11. The number of nitrogens with one attached hydrogen (secondary N) is 1. The Hall–Kier alpha value is -2.69. The van der Waals surface area contributed by atoms with Gasteiger partial charge in [-0.25, -0.2) is 9.18 Å². The minimum atomic E-state index is -1.02. The third kappa shape index (κ3) is 3.66. The number of carboxylic acids is 1. The lowest BCUT2D eigenvalue weighted by Gasteiger charge is -2.08. The first-order chi connectivity index (χ1) is 9.97. The van der Waals surface area contributed by atoms with Gasteiger partial charge in [0, 0.05) is 12.1 Å². The number of halogens is 1. The lowest BCUT2D eigenvalue weighted by atomic mass is 10.1. The molecule has 2 rings (SSSR count). The van der Waals surface area contributed by atoms with Crippen LogP contribution in [-0.4, -0.2) is 17.0 Å². The highest BCUT2D eigenvalue weighted by molar-refractivity contribution is 5.95. The van der Waals surface area contributed by atoms with Gasteiger partial charge in [-0.1, -0.05) is 18.2 Å². The van der Waals surface area contributed by atoms with Gasteiger partial charge in [-0.15, -0.1) is 0 Å². The van der Waals surface area contributed by atoms with Crippen LogP contribution in [0.1, 0.15) is 31.8 Å². The van der Waals surface area contributed by atoms with Crippen molar-refractivity contribution in [2.75, 3.05) is 0 Å². The maximum atomic E-state index is 13.2. The first kappa shape index (κ1) is 14.7. The number of aryl methyl sites for hydroxylation is 1. The van der Waals surface area contributed by atoms with Crippen LogP contribution in [0.4, 0.5) is 4.39 Å². The number of rotatable bonds is 4. The fraction of sp³-hybridized carbons (Fsp3) is 0.125. The Kier molecular flexibility index (Phi) is 4.33. The van der Waals surface area contributed by atoms with Crippen LogP contribution in [-0.2, 0) is 6.54 Å². The molecular weight excluding hydrogens is 273 g/mol. The van der Waals surface area contributed by atoms with E-state index in [1.807, 2.05) is 0 Å². The third-order valence-corrected chi connectivity index (χ3v) is 3.07. The van der Waals surface area contributed by atoms with Crippen molar-refractivity contribution in [2.24, 2.45) is 0 Å². The number of carbonyl (C=O) groups is 2. The van der Waals surface area contributed by atoms with E-state index in [4.69, 9.17) is 5.11 Å². The number of carbonyl (C=O) groups excluding carboxylic acids is 1. The van der Waals surface area contributed by atoms with Gasteiger partial charge in [0.1, 0.15) is 5.82 Å². The van der Waals surface area contributed by atoms with Crippen molar-refractivity contribution in [2.45, 2.75) is 13.5 Å². The minimum absolute atomic E-state index is 0.156.